The molecule has 2 aliphatic rings. The number of hydrogen-bond donors (Lipinski definition) is 3. The van der Waals surface area contributed by atoms with Crippen molar-refractivity contribution in [2.45, 2.75) is 37.2 Å². The average molecular weight is 493 g/mol. The lowest BCUT2D eigenvalue weighted by Crippen LogP contribution is -2.56. The van der Waals surface area contributed by atoms with Crippen LogP contribution in [0.3, 0.4) is 0 Å². The Bertz CT molecular complexity index is 1230. The van der Waals surface area contributed by atoms with Crippen molar-refractivity contribution in [2.75, 3.05) is 13.7 Å². The summed E-state index contributed by atoms with van der Waals surface area (Å²) < 4.78 is 19.2. The van der Waals surface area contributed by atoms with Gasteiger partial charge in [0.15, 0.2) is 0 Å². The summed E-state index contributed by atoms with van der Waals surface area (Å²) in [7, 11) is 1.58. The van der Waals surface area contributed by atoms with Crippen molar-refractivity contribution in [3.8, 4) is 5.75 Å². The van der Waals surface area contributed by atoms with Crippen molar-refractivity contribution >= 4 is 40.0 Å². The van der Waals surface area contributed by atoms with Crippen LogP contribution in [-0.4, -0.2) is 70.1 Å². The Kier molecular flexibility index (Phi) is 5.98. The molecule has 3 N–H and O–H groups in total. The van der Waals surface area contributed by atoms with E-state index in [9.17, 15) is 15.3 Å². The summed E-state index contributed by atoms with van der Waals surface area (Å²) in [6.45, 7) is 0.0576. The van der Waals surface area contributed by atoms with Gasteiger partial charge in [-0.05, 0) is 29.8 Å². The van der Waals surface area contributed by atoms with Gasteiger partial charge in [-0.1, -0.05) is 35.3 Å². The SMILES string of the molecule is COc1cccc2c1c(C1=N[C@@H]3C(O)[C@H](O)[C@@H](CO)O[C@@H]3O1)cn2Cc1ccc(Cl)c(Cl)c1. The molecular weight excluding hydrogens is 471 g/mol. The second-order valence-corrected chi connectivity index (χ2v) is 8.84. The van der Waals surface area contributed by atoms with E-state index in [0.29, 0.717) is 27.9 Å². The lowest BCUT2D eigenvalue weighted by atomic mass is 9.98. The van der Waals surface area contributed by atoms with Gasteiger partial charge >= 0.3 is 0 Å². The number of rotatable bonds is 5. The Hall–Kier alpha value is -2.33. The van der Waals surface area contributed by atoms with Gasteiger partial charge in [-0.2, -0.15) is 0 Å². The Morgan fingerprint density at radius 3 is 2.67 bits per heavy atom. The van der Waals surface area contributed by atoms with Crippen molar-refractivity contribution in [2.24, 2.45) is 4.99 Å². The molecule has 0 saturated carbocycles. The zero-order chi connectivity index (χ0) is 23.3. The molecule has 3 heterocycles. The lowest BCUT2D eigenvalue weighted by Gasteiger charge is -2.36. The topological polar surface area (TPSA) is 106 Å². The fraction of sp³-hybridized carbons (Fsp3) is 0.348. The number of aromatic nitrogens is 1. The molecule has 174 valence electrons. The Morgan fingerprint density at radius 1 is 1.12 bits per heavy atom. The van der Waals surface area contributed by atoms with E-state index in [1.807, 2.05) is 41.1 Å². The highest BCUT2D eigenvalue weighted by atomic mass is 35.5. The molecule has 1 unspecified atom stereocenters. The molecule has 5 atom stereocenters. The number of aliphatic hydroxyl groups excluding tert-OH is 3. The number of aliphatic hydroxyl groups is 3. The van der Waals surface area contributed by atoms with Crippen LogP contribution in [0.4, 0.5) is 0 Å². The third kappa shape index (κ3) is 3.86. The number of nitrogens with zero attached hydrogens (tertiary/aromatic N) is 2. The van der Waals surface area contributed by atoms with E-state index in [-0.39, 0.29) is 5.90 Å². The van der Waals surface area contributed by atoms with E-state index in [2.05, 4.69) is 4.99 Å². The molecular formula is C23H22Cl2N2O6. The molecule has 0 radical (unpaired) electrons. The van der Waals surface area contributed by atoms with Crippen LogP contribution in [0.15, 0.2) is 47.6 Å². The Balaban J connectivity index is 1.57. The van der Waals surface area contributed by atoms with Crippen LogP contribution in [0.5, 0.6) is 5.75 Å². The highest BCUT2D eigenvalue weighted by Crippen LogP contribution is 2.36. The van der Waals surface area contributed by atoms with Crippen molar-refractivity contribution in [1.82, 2.24) is 4.57 Å². The van der Waals surface area contributed by atoms with Gasteiger partial charge in [-0.25, -0.2) is 4.99 Å². The number of methoxy groups -OCH3 is 1. The van der Waals surface area contributed by atoms with E-state index in [1.54, 1.807) is 13.2 Å². The molecule has 2 aromatic carbocycles. The molecule has 33 heavy (non-hydrogen) atoms. The first kappa shape index (κ1) is 22.5. The number of halogens is 2. The monoisotopic (exact) mass is 492 g/mol. The zero-order valence-corrected chi connectivity index (χ0v) is 19.1. The molecule has 0 amide bonds. The van der Waals surface area contributed by atoms with Gasteiger partial charge < -0.3 is 34.1 Å². The normalized spacial score (nSPS) is 26.7. The first-order valence-electron chi connectivity index (χ1n) is 10.4. The number of hydrogen-bond acceptors (Lipinski definition) is 7. The van der Waals surface area contributed by atoms with E-state index in [1.165, 1.54) is 0 Å². The third-order valence-corrected chi connectivity index (χ3v) is 6.74. The number of fused-ring (bicyclic) bond motifs is 2. The lowest BCUT2D eigenvalue weighted by molar-refractivity contribution is -0.234. The molecule has 2 aliphatic heterocycles. The van der Waals surface area contributed by atoms with Gasteiger partial charge in [0, 0.05) is 12.7 Å². The van der Waals surface area contributed by atoms with Gasteiger partial charge in [0.25, 0.3) is 0 Å². The van der Waals surface area contributed by atoms with Gasteiger partial charge in [0.05, 0.1) is 40.2 Å². The van der Waals surface area contributed by atoms with Crippen LogP contribution < -0.4 is 4.74 Å². The second kappa shape index (κ2) is 8.79. The van der Waals surface area contributed by atoms with Crippen molar-refractivity contribution in [1.29, 1.82) is 0 Å². The van der Waals surface area contributed by atoms with Crippen LogP contribution in [0.2, 0.25) is 10.0 Å². The maximum Gasteiger partial charge on any atom is 0.227 e. The van der Waals surface area contributed by atoms with Crippen LogP contribution in [0.1, 0.15) is 11.1 Å². The molecule has 1 aromatic heterocycles. The molecule has 1 fully saturated rings. The molecule has 1 saturated heterocycles. The maximum atomic E-state index is 10.5. The summed E-state index contributed by atoms with van der Waals surface area (Å²) in [6.07, 6.45) is -2.49. The number of aliphatic imine (C=N–C) groups is 1. The third-order valence-electron chi connectivity index (χ3n) is 6.00. The Morgan fingerprint density at radius 2 is 1.94 bits per heavy atom. The molecule has 5 rings (SSSR count). The Labute approximate surface area is 199 Å². The average Bonchev–Trinajstić information content (AvgIpc) is 3.40. The van der Waals surface area contributed by atoms with Crippen LogP contribution in [0, 0.1) is 0 Å². The largest absolute Gasteiger partial charge is 0.496 e. The predicted octanol–water partition coefficient (Wildman–Crippen LogP) is 2.59. The van der Waals surface area contributed by atoms with Gasteiger partial charge in [0.1, 0.15) is 30.1 Å². The van der Waals surface area contributed by atoms with Crippen molar-refractivity contribution in [3.63, 3.8) is 0 Å². The second-order valence-electron chi connectivity index (χ2n) is 8.02. The summed E-state index contributed by atoms with van der Waals surface area (Å²) in [5.41, 5.74) is 2.49. The minimum Gasteiger partial charge on any atom is -0.496 e. The van der Waals surface area contributed by atoms with Gasteiger partial charge in [-0.15, -0.1) is 0 Å². The van der Waals surface area contributed by atoms with Crippen molar-refractivity contribution in [3.05, 3.63) is 63.8 Å². The van der Waals surface area contributed by atoms with E-state index >= 15 is 0 Å². The van der Waals surface area contributed by atoms with Gasteiger partial charge in [0.2, 0.25) is 12.2 Å². The molecule has 0 bridgehead atoms. The quantitative estimate of drug-likeness (QED) is 0.505. The number of ether oxygens (including phenoxy) is 3. The number of benzene rings is 2. The fourth-order valence-corrected chi connectivity index (χ4v) is 4.65. The highest BCUT2D eigenvalue weighted by molar-refractivity contribution is 6.42. The fourth-order valence-electron chi connectivity index (χ4n) is 4.33. The summed E-state index contributed by atoms with van der Waals surface area (Å²) >= 11 is 12.3. The standard InChI is InChI=1S/C23H22Cl2N2O6/c1-31-16-4-2-3-15-18(16)12(9-27(15)8-11-5-6-13(24)14(25)7-11)22-26-19-21(30)20(29)17(10-28)32-23(19)33-22/h2-7,9,17,19-21,23,28-30H,8,10H2,1H3/t17-,19-,20-,21?,23-/m1/s1. The van der Waals surface area contributed by atoms with E-state index in [4.69, 9.17) is 37.4 Å². The van der Waals surface area contributed by atoms with Crippen LogP contribution in [0.25, 0.3) is 10.9 Å². The molecule has 0 spiro atoms. The molecule has 0 aliphatic carbocycles. The molecule has 3 aromatic rings. The molecule has 10 heteroatoms. The van der Waals surface area contributed by atoms with Crippen LogP contribution in [-0.2, 0) is 16.0 Å². The van der Waals surface area contributed by atoms with E-state index in [0.717, 1.165) is 16.5 Å². The minimum absolute atomic E-state index is 0.261. The minimum atomic E-state index is -1.27. The smallest absolute Gasteiger partial charge is 0.227 e. The van der Waals surface area contributed by atoms with E-state index < -0.39 is 37.3 Å². The zero-order valence-electron chi connectivity index (χ0n) is 17.6. The predicted molar refractivity (Wildman–Crippen MR) is 123 cm³/mol. The van der Waals surface area contributed by atoms with Crippen molar-refractivity contribution < 1.29 is 29.5 Å². The maximum absolute atomic E-state index is 10.5. The summed E-state index contributed by atoms with van der Waals surface area (Å²) in [5, 5.41) is 31.9. The van der Waals surface area contributed by atoms with Gasteiger partial charge in [-0.3, -0.25) is 0 Å². The highest BCUT2D eigenvalue weighted by Gasteiger charge is 2.49. The first-order chi connectivity index (χ1) is 15.9. The van der Waals surface area contributed by atoms with Crippen LogP contribution >= 0.6 is 23.2 Å². The summed E-state index contributed by atoms with van der Waals surface area (Å²) in [6, 6.07) is 10.3. The molecule has 8 nitrogen and oxygen atoms in total. The summed E-state index contributed by atoms with van der Waals surface area (Å²) in [5.74, 6) is 0.892. The summed E-state index contributed by atoms with van der Waals surface area (Å²) in [4.78, 5) is 4.52. The first-order valence-corrected chi connectivity index (χ1v) is 11.1.